The number of carbonyl (C=O) groups is 1. The average molecular weight is 422 g/mol. The largest absolute Gasteiger partial charge is 0.490 e. The zero-order valence-electron chi connectivity index (χ0n) is 16.6. The van der Waals surface area contributed by atoms with Gasteiger partial charge in [-0.05, 0) is 6.42 Å². The fourth-order valence-electron chi connectivity index (χ4n) is 4.14. The number of rotatable bonds is 2. The number of nitrogens with zero attached hydrogens (tertiary/aromatic N) is 8. The Bertz CT molecular complexity index is 1180. The lowest BCUT2D eigenvalue weighted by molar-refractivity contribution is -0.139. The number of fused-ring (bicyclic) bond motifs is 2. The molecule has 1 fully saturated rings. The summed E-state index contributed by atoms with van der Waals surface area (Å²) < 4.78 is 22.4. The Morgan fingerprint density at radius 1 is 1.29 bits per heavy atom. The van der Waals surface area contributed by atoms with Crippen molar-refractivity contribution in [2.24, 2.45) is 5.92 Å². The third-order valence-electron chi connectivity index (χ3n) is 5.69. The van der Waals surface area contributed by atoms with Gasteiger partial charge in [-0.1, -0.05) is 0 Å². The number of hydrogen-bond acceptors (Lipinski definition) is 8. The molecule has 31 heavy (non-hydrogen) atoms. The van der Waals surface area contributed by atoms with Crippen molar-refractivity contribution >= 4 is 17.5 Å². The van der Waals surface area contributed by atoms with Crippen molar-refractivity contribution < 1.29 is 13.9 Å². The normalized spacial score (nSPS) is 21.2. The van der Waals surface area contributed by atoms with Crippen molar-refractivity contribution in [2.75, 3.05) is 31.1 Å². The smallest absolute Gasteiger partial charge is 0.229 e. The molecule has 0 bridgehead atoms. The first kappa shape index (κ1) is 19.2. The van der Waals surface area contributed by atoms with Gasteiger partial charge in [-0.3, -0.25) is 9.78 Å². The maximum Gasteiger partial charge on any atom is 0.229 e. The number of amides is 1. The minimum Gasteiger partial charge on any atom is -0.490 e. The van der Waals surface area contributed by atoms with E-state index in [4.69, 9.17) is 4.74 Å². The van der Waals surface area contributed by atoms with Gasteiger partial charge in [-0.15, -0.1) is 0 Å². The first-order chi connectivity index (χ1) is 15.2. The van der Waals surface area contributed by atoms with Crippen LogP contribution in [-0.2, 0) is 11.3 Å². The van der Waals surface area contributed by atoms with E-state index in [0.717, 1.165) is 0 Å². The standard InChI is InChI=1S/C20H19FN8O2/c21-16-11-28(20-24-3-1-17-25-12-26-29(17)20)4-2-15(16)19(30)27-5-6-31-18-13(7-22)8-23-9-14(18)10-27/h1,3,8-9,12,15-16H,2,4-6,10-11H2/t15?,16-/m0/s1. The molecule has 3 aromatic heterocycles. The summed E-state index contributed by atoms with van der Waals surface area (Å²) >= 11 is 0. The molecule has 0 N–H and O–H groups in total. The van der Waals surface area contributed by atoms with Gasteiger partial charge >= 0.3 is 0 Å². The summed E-state index contributed by atoms with van der Waals surface area (Å²) in [5, 5.41) is 13.4. The lowest BCUT2D eigenvalue weighted by Gasteiger charge is -2.36. The van der Waals surface area contributed by atoms with Crippen LogP contribution in [-0.4, -0.2) is 67.8 Å². The number of anilines is 1. The summed E-state index contributed by atoms with van der Waals surface area (Å²) in [6.45, 7) is 1.33. The maximum absolute atomic E-state index is 15.2. The third-order valence-corrected chi connectivity index (χ3v) is 5.69. The highest BCUT2D eigenvalue weighted by Crippen LogP contribution is 2.30. The predicted octanol–water partition coefficient (Wildman–Crippen LogP) is 0.977. The van der Waals surface area contributed by atoms with E-state index in [2.05, 4.69) is 26.1 Å². The second-order valence-corrected chi connectivity index (χ2v) is 7.53. The molecule has 0 saturated carbocycles. The minimum absolute atomic E-state index is 0.0451. The summed E-state index contributed by atoms with van der Waals surface area (Å²) in [6, 6.07) is 3.78. The Labute approximate surface area is 176 Å². The Morgan fingerprint density at radius 3 is 3.03 bits per heavy atom. The van der Waals surface area contributed by atoms with Crippen molar-refractivity contribution in [1.82, 2.24) is 29.5 Å². The van der Waals surface area contributed by atoms with E-state index in [1.54, 1.807) is 32.8 Å². The van der Waals surface area contributed by atoms with Gasteiger partial charge in [-0.2, -0.15) is 14.9 Å². The molecule has 0 spiro atoms. The summed E-state index contributed by atoms with van der Waals surface area (Å²) in [5.41, 5.74) is 1.62. The fourth-order valence-corrected chi connectivity index (χ4v) is 4.14. The van der Waals surface area contributed by atoms with Crippen molar-refractivity contribution in [3.8, 4) is 11.8 Å². The average Bonchev–Trinajstić information content (AvgIpc) is 3.17. The van der Waals surface area contributed by atoms with Gasteiger partial charge in [0.05, 0.1) is 25.6 Å². The van der Waals surface area contributed by atoms with E-state index < -0.39 is 12.1 Å². The van der Waals surface area contributed by atoms with Crippen molar-refractivity contribution in [2.45, 2.75) is 19.1 Å². The summed E-state index contributed by atoms with van der Waals surface area (Å²) in [7, 11) is 0. The van der Waals surface area contributed by atoms with E-state index >= 15 is 4.39 Å². The molecule has 1 unspecified atom stereocenters. The van der Waals surface area contributed by atoms with E-state index in [1.165, 1.54) is 12.5 Å². The number of hydrogen-bond donors (Lipinski definition) is 0. The van der Waals surface area contributed by atoms with Crippen LogP contribution in [0, 0.1) is 17.2 Å². The van der Waals surface area contributed by atoms with E-state index in [1.807, 2.05) is 0 Å². The highest BCUT2D eigenvalue weighted by Gasteiger charge is 2.38. The van der Waals surface area contributed by atoms with Gasteiger partial charge in [0.25, 0.3) is 0 Å². The number of piperidine rings is 1. The van der Waals surface area contributed by atoms with E-state index in [-0.39, 0.29) is 25.6 Å². The molecule has 5 heterocycles. The fraction of sp³-hybridized carbons (Fsp3) is 0.400. The highest BCUT2D eigenvalue weighted by molar-refractivity contribution is 5.80. The van der Waals surface area contributed by atoms with Crippen LogP contribution in [0.3, 0.4) is 0 Å². The Hall–Kier alpha value is -3.81. The molecule has 2 aliphatic rings. The minimum atomic E-state index is -1.35. The van der Waals surface area contributed by atoms with Crippen LogP contribution < -0.4 is 9.64 Å². The molecule has 3 aromatic rings. The quantitative estimate of drug-likeness (QED) is 0.601. The molecule has 0 aromatic carbocycles. The predicted molar refractivity (Wildman–Crippen MR) is 106 cm³/mol. The van der Waals surface area contributed by atoms with E-state index in [0.29, 0.717) is 48.0 Å². The molecule has 2 aliphatic heterocycles. The van der Waals surface area contributed by atoms with Crippen molar-refractivity contribution in [1.29, 1.82) is 5.26 Å². The SMILES string of the molecule is N#Cc1cncc2c1OCCN(C(=O)C1CCN(c3nccc4ncnn34)C[C@@H]1F)C2. The van der Waals surface area contributed by atoms with Crippen LogP contribution in [0.4, 0.5) is 10.3 Å². The number of aromatic nitrogens is 5. The van der Waals surface area contributed by atoms with Gasteiger partial charge in [0.1, 0.15) is 36.5 Å². The molecule has 1 amide bonds. The van der Waals surface area contributed by atoms with Gasteiger partial charge in [0.15, 0.2) is 5.65 Å². The first-order valence-corrected chi connectivity index (χ1v) is 9.98. The molecule has 0 aliphatic carbocycles. The second-order valence-electron chi connectivity index (χ2n) is 7.53. The molecule has 1 saturated heterocycles. The van der Waals surface area contributed by atoms with Gasteiger partial charge in [0, 0.05) is 36.8 Å². The van der Waals surface area contributed by atoms with Gasteiger partial charge in [-0.25, -0.2) is 14.4 Å². The number of carbonyl (C=O) groups excluding carboxylic acids is 1. The number of alkyl halides is 1. The number of halogens is 1. The summed E-state index contributed by atoms with van der Waals surface area (Å²) in [5.74, 6) is -0.0417. The Kier molecular flexibility index (Phi) is 4.82. The Morgan fingerprint density at radius 2 is 2.19 bits per heavy atom. The summed E-state index contributed by atoms with van der Waals surface area (Å²) in [6.07, 6.45) is 5.06. The van der Waals surface area contributed by atoms with Crippen LogP contribution >= 0.6 is 0 Å². The van der Waals surface area contributed by atoms with Gasteiger partial charge in [0.2, 0.25) is 11.9 Å². The second kappa shape index (κ2) is 7.79. The van der Waals surface area contributed by atoms with Crippen LogP contribution in [0.15, 0.2) is 31.0 Å². The molecular formula is C20H19FN8O2. The molecular weight excluding hydrogens is 403 g/mol. The lowest BCUT2D eigenvalue weighted by Crippen LogP contribution is -2.49. The third kappa shape index (κ3) is 3.39. The van der Waals surface area contributed by atoms with Gasteiger partial charge < -0.3 is 14.5 Å². The molecule has 2 atom stereocenters. The van der Waals surface area contributed by atoms with Crippen LogP contribution in [0.25, 0.3) is 5.65 Å². The molecule has 5 rings (SSSR count). The molecule has 10 nitrogen and oxygen atoms in total. The topological polar surface area (TPSA) is 113 Å². The molecule has 0 radical (unpaired) electrons. The Balaban J connectivity index is 1.32. The summed E-state index contributed by atoms with van der Waals surface area (Å²) in [4.78, 5) is 29.1. The molecule has 158 valence electrons. The lowest BCUT2D eigenvalue weighted by atomic mass is 9.93. The number of pyridine rings is 1. The zero-order valence-corrected chi connectivity index (χ0v) is 16.6. The van der Waals surface area contributed by atoms with Crippen LogP contribution in [0.5, 0.6) is 5.75 Å². The number of nitriles is 1. The monoisotopic (exact) mass is 422 g/mol. The van der Waals surface area contributed by atoms with Crippen LogP contribution in [0.1, 0.15) is 17.5 Å². The first-order valence-electron chi connectivity index (χ1n) is 9.98. The van der Waals surface area contributed by atoms with Crippen molar-refractivity contribution in [3.05, 3.63) is 42.1 Å². The highest BCUT2D eigenvalue weighted by atomic mass is 19.1. The van der Waals surface area contributed by atoms with Crippen LogP contribution in [0.2, 0.25) is 0 Å². The maximum atomic E-state index is 15.2. The van der Waals surface area contributed by atoms with Crippen molar-refractivity contribution in [3.63, 3.8) is 0 Å². The number of ether oxygens (including phenoxy) is 1. The molecule has 11 heteroatoms. The van der Waals surface area contributed by atoms with E-state index in [9.17, 15) is 10.1 Å². The zero-order chi connectivity index (χ0) is 21.4.